The lowest BCUT2D eigenvalue weighted by atomic mass is 9.73. The first-order chi connectivity index (χ1) is 15.8. The number of aryl methyl sites for hydroxylation is 1. The van der Waals surface area contributed by atoms with Crippen molar-refractivity contribution in [1.82, 2.24) is 4.98 Å². The number of thiazole rings is 1. The molecule has 190 valence electrons. The molecule has 1 aliphatic heterocycles. The molecule has 7 heteroatoms. The molecule has 6 atom stereocenters. The van der Waals surface area contributed by atoms with Gasteiger partial charge in [0.1, 0.15) is 5.78 Å². The minimum Gasteiger partial charge on any atom is -0.392 e. The second kappa shape index (κ2) is 12.4. The number of aliphatic hydroxyl groups excluding tert-OH is 3. The summed E-state index contributed by atoms with van der Waals surface area (Å²) < 4.78 is 5.98. The van der Waals surface area contributed by atoms with Crippen LogP contribution < -0.4 is 0 Å². The number of rotatable bonds is 2. The summed E-state index contributed by atoms with van der Waals surface area (Å²) in [4.78, 5) is 17.7. The van der Waals surface area contributed by atoms with Crippen molar-refractivity contribution < 1.29 is 24.9 Å². The van der Waals surface area contributed by atoms with E-state index in [4.69, 9.17) is 4.74 Å². The van der Waals surface area contributed by atoms with Crippen molar-refractivity contribution in [3.8, 4) is 0 Å². The van der Waals surface area contributed by atoms with Crippen LogP contribution in [0.25, 0.3) is 6.08 Å². The fraction of sp³-hybridized carbons (Fsp3) is 0.630. The first-order valence-corrected chi connectivity index (χ1v) is 12.9. The highest BCUT2D eigenvalue weighted by Gasteiger charge is 2.42. The van der Waals surface area contributed by atoms with Crippen LogP contribution >= 0.6 is 11.3 Å². The van der Waals surface area contributed by atoms with Crippen LogP contribution in [-0.4, -0.2) is 50.7 Å². The van der Waals surface area contributed by atoms with Gasteiger partial charge in [0, 0.05) is 29.1 Å². The van der Waals surface area contributed by atoms with Gasteiger partial charge in [0.2, 0.25) is 0 Å². The Balaban J connectivity index is 2.36. The summed E-state index contributed by atoms with van der Waals surface area (Å²) in [6.07, 6.45) is 5.49. The summed E-state index contributed by atoms with van der Waals surface area (Å²) in [6.45, 7) is 12.8. The molecule has 1 aromatic heterocycles. The summed E-state index contributed by atoms with van der Waals surface area (Å²) in [5.74, 6) is -1.11. The molecule has 0 radical (unpaired) electrons. The van der Waals surface area contributed by atoms with Gasteiger partial charge in [-0.25, -0.2) is 4.98 Å². The van der Waals surface area contributed by atoms with Gasteiger partial charge in [0.15, 0.2) is 6.29 Å². The van der Waals surface area contributed by atoms with Gasteiger partial charge in [-0.05, 0) is 45.3 Å². The van der Waals surface area contributed by atoms with Crippen molar-refractivity contribution in [2.45, 2.75) is 92.3 Å². The second-order valence-electron chi connectivity index (χ2n) is 10.2. The van der Waals surface area contributed by atoms with E-state index >= 15 is 0 Å². The van der Waals surface area contributed by atoms with Crippen molar-refractivity contribution in [2.75, 3.05) is 0 Å². The molecule has 0 saturated heterocycles. The molecular weight excluding hydrogens is 450 g/mol. The van der Waals surface area contributed by atoms with E-state index in [9.17, 15) is 20.1 Å². The summed E-state index contributed by atoms with van der Waals surface area (Å²) in [5.41, 5.74) is 1.75. The smallest absolute Gasteiger partial charge is 0.157 e. The number of allylic oxidation sites excluding steroid dienone is 2. The van der Waals surface area contributed by atoms with Crippen LogP contribution in [0.3, 0.4) is 0 Å². The van der Waals surface area contributed by atoms with Crippen LogP contribution in [0.4, 0.5) is 0 Å². The van der Waals surface area contributed by atoms with Gasteiger partial charge in [0.25, 0.3) is 0 Å². The predicted octanol–water partition coefficient (Wildman–Crippen LogP) is 4.83. The van der Waals surface area contributed by atoms with Crippen LogP contribution in [-0.2, 0) is 9.53 Å². The maximum atomic E-state index is 13.2. The van der Waals surface area contributed by atoms with Crippen LogP contribution in [0.2, 0.25) is 0 Å². The average molecular weight is 492 g/mol. The van der Waals surface area contributed by atoms with Gasteiger partial charge in [-0.1, -0.05) is 51.5 Å². The van der Waals surface area contributed by atoms with Gasteiger partial charge >= 0.3 is 0 Å². The molecule has 0 aromatic carbocycles. The fourth-order valence-corrected chi connectivity index (χ4v) is 4.76. The van der Waals surface area contributed by atoms with E-state index in [1.807, 2.05) is 51.3 Å². The fourth-order valence-electron chi connectivity index (χ4n) is 4.19. The highest BCUT2D eigenvalue weighted by molar-refractivity contribution is 7.09. The second-order valence-corrected chi connectivity index (χ2v) is 11.2. The molecule has 2 rings (SSSR count). The number of nitrogens with zero attached hydrogens (tertiary/aromatic N) is 1. The Kier molecular flexibility index (Phi) is 10.4. The lowest BCUT2D eigenvalue weighted by Crippen LogP contribution is -2.46. The number of carbonyl (C=O) groups is 1. The summed E-state index contributed by atoms with van der Waals surface area (Å²) in [7, 11) is 0. The minimum atomic E-state index is -1.26. The van der Waals surface area contributed by atoms with Gasteiger partial charge in [-0.15, -0.1) is 11.3 Å². The third-order valence-corrected chi connectivity index (χ3v) is 7.55. The molecule has 34 heavy (non-hydrogen) atoms. The molecule has 0 bridgehead atoms. The maximum absolute atomic E-state index is 13.2. The maximum Gasteiger partial charge on any atom is 0.157 e. The molecule has 0 fully saturated rings. The Hall–Kier alpha value is -1.64. The van der Waals surface area contributed by atoms with Crippen LogP contribution in [0, 0.1) is 24.2 Å². The molecule has 1 aromatic rings. The van der Waals surface area contributed by atoms with Crippen molar-refractivity contribution in [2.24, 2.45) is 17.3 Å². The first kappa shape index (κ1) is 28.6. The monoisotopic (exact) mass is 491 g/mol. The number of ether oxygens (including phenoxy) is 1. The zero-order chi connectivity index (χ0) is 25.6. The Morgan fingerprint density at radius 2 is 1.91 bits per heavy atom. The van der Waals surface area contributed by atoms with Gasteiger partial charge < -0.3 is 20.1 Å². The Bertz CT molecular complexity index is 916. The van der Waals surface area contributed by atoms with E-state index in [1.165, 1.54) is 0 Å². The van der Waals surface area contributed by atoms with E-state index in [0.717, 1.165) is 21.8 Å². The molecule has 1 aliphatic rings. The predicted molar refractivity (Wildman–Crippen MR) is 137 cm³/mol. The highest BCUT2D eigenvalue weighted by Crippen LogP contribution is 2.32. The first-order valence-electron chi connectivity index (χ1n) is 12.0. The normalized spacial score (nSPS) is 34.9. The van der Waals surface area contributed by atoms with E-state index in [2.05, 4.69) is 11.1 Å². The molecular formula is C27H41NO5S. The third kappa shape index (κ3) is 7.68. The van der Waals surface area contributed by atoms with E-state index in [-0.39, 0.29) is 18.1 Å². The van der Waals surface area contributed by atoms with Gasteiger partial charge in [-0.2, -0.15) is 0 Å². The van der Waals surface area contributed by atoms with E-state index < -0.39 is 35.9 Å². The van der Waals surface area contributed by atoms with Crippen molar-refractivity contribution in [1.29, 1.82) is 0 Å². The van der Waals surface area contributed by atoms with Crippen LogP contribution in [0.15, 0.2) is 34.8 Å². The molecule has 2 heterocycles. The summed E-state index contributed by atoms with van der Waals surface area (Å²) >= 11 is 1.57. The molecule has 3 N–H and O–H groups in total. The number of hydrogen-bond acceptors (Lipinski definition) is 7. The number of hydrogen-bond donors (Lipinski definition) is 3. The number of carbonyl (C=O) groups excluding carboxylic acids is 1. The van der Waals surface area contributed by atoms with Gasteiger partial charge in [0.05, 0.1) is 29.0 Å². The molecule has 0 amide bonds. The zero-order valence-electron chi connectivity index (χ0n) is 21.5. The summed E-state index contributed by atoms with van der Waals surface area (Å²) in [5, 5.41) is 35.3. The minimum absolute atomic E-state index is 0.112. The molecule has 0 aliphatic carbocycles. The van der Waals surface area contributed by atoms with Crippen molar-refractivity contribution in [3.63, 3.8) is 0 Å². The third-order valence-electron chi connectivity index (χ3n) is 6.76. The Labute approximate surface area is 208 Å². The lowest BCUT2D eigenvalue weighted by molar-refractivity contribution is -0.160. The SMILES string of the molecule is C/C1=C/C[C@@H](/C(C)=C/c2csc(C)n2)OC(O)C[C@H](O)C(C)(C)C(=O)[C@H](C)[C@@H](O)[C@@H](C)/C=C\C1. The number of Topliss-reactive ketones (excluding diaryl/α,β-unsaturated/α-hetero) is 1. The number of aromatic nitrogens is 1. The van der Waals surface area contributed by atoms with Crippen molar-refractivity contribution in [3.05, 3.63) is 45.5 Å². The topological polar surface area (TPSA) is 99.9 Å². The quantitative estimate of drug-likeness (QED) is 0.512. The zero-order valence-corrected chi connectivity index (χ0v) is 22.3. The standard InChI is InChI=1S/C27H41NO5S/c1-16-9-8-10-17(2)25(31)19(4)26(32)27(6,7)23(29)14-24(30)33-22(12-11-16)18(3)13-21-15-34-20(5)28-21/h8,10-11,13,15,17,19,22-25,29-31H,9,12,14H2,1-7H3/b10-8-,16-11-,18-13+/t17-,19+,22-,23-,24?,25-/m0/s1. The highest BCUT2D eigenvalue weighted by atomic mass is 32.1. The van der Waals surface area contributed by atoms with Crippen LogP contribution in [0.1, 0.15) is 71.5 Å². The van der Waals surface area contributed by atoms with E-state index in [1.54, 1.807) is 32.1 Å². The average Bonchev–Trinajstić information content (AvgIpc) is 3.18. The summed E-state index contributed by atoms with van der Waals surface area (Å²) in [6, 6.07) is 0. The number of ketones is 1. The molecule has 0 saturated carbocycles. The van der Waals surface area contributed by atoms with Crippen molar-refractivity contribution >= 4 is 23.2 Å². The Morgan fingerprint density at radius 1 is 1.24 bits per heavy atom. The molecule has 1 unspecified atom stereocenters. The molecule has 0 spiro atoms. The van der Waals surface area contributed by atoms with Crippen LogP contribution in [0.5, 0.6) is 0 Å². The van der Waals surface area contributed by atoms with E-state index in [0.29, 0.717) is 12.8 Å². The molecule has 6 nitrogen and oxygen atoms in total. The van der Waals surface area contributed by atoms with Gasteiger partial charge in [-0.3, -0.25) is 4.79 Å². The Morgan fingerprint density at radius 3 is 2.53 bits per heavy atom. The lowest BCUT2D eigenvalue weighted by Gasteiger charge is -2.35. The number of aliphatic hydroxyl groups is 3. The largest absolute Gasteiger partial charge is 0.392 e.